The van der Waals surface area contributed by atoms with Gasteiger partial charge in [-0.1, -0.05) is 102 Å². The second-order valence-corrected chi connectivity index (χ2v) is 10.3. The van der Waals surface area contributed by atoms with Gasteiger partial charge in [0, 0.05) is 18.8 Å². The molecule has 1 nitrogen and oxygen atoms in total. The van der Waals surface area contributed by atoms with Crippen LogP contribution in [-0.2, 0) is 0 Å². The summed E-state index contributed by atoms with van der Waals surface area (Å²) in [6.45, 7) is 32.0. The van der Waals surface area contributed by atoms with E-state index in [1.165, 1.54) is 65.7 Å². The van der Waals surface area contributed by atoms with Crippen LogP contribution in [0.1, 0.15) is 101 Å². The highest BCUT2D eigenvalue weighted by Crippen LogP contribution is 2.14. The number of unbranched alkanes of at least 4 members (excludes halogenated alkanes) is 1. The lowest BCUT2D eigenvalue weighted by Gasteiger charge is -2.27. The summed E-state index contributed by atoms with van der Waals surface area (Å²) in [4.78, 5) is 2.46. The van der Waals surface area contributed by atoms with Gasteiger partial charge in [-0.2, -0.15) is 0 Å². The second-order valence-electron chi connectivity index (χ2n) is 10.3. The van der Waals surface area contributed by atoms with Crippen molar-refractivity contribution in [3.8, 4) is 0 Å². The second kappa shape index (κ2) is 23.1. The molecule has 2 rings (SSSR count). The molecule has 0 saturated heterocycles. The van der Waals surface area contributed by atoms with E-state index in [-0.39, 0.29) is 0 Å². The number of rotatable bonds is 10. The zero-order valence-corrected chi connectivity index (χ0v) is 25.7. The summed E-state index contributed by atoms with van der Waals surface area (Å²) in [5.74, 6) is 0.778. The lowest BCUT2D eigenvalue weighted by molar-refractivity contribution is 0.309. The fraction of sp³-hybridized carbons (Fsp3) is 0.543. The molecule has 2 aromatic carbocycles. The Kier molecular flexibility index (Phi) is 23.1. The summed E-state index contributed by atoms with van der Waals surface area (Å²) in [5, 5.41) is 0. The van der Waals surface area contributed by atoms with Gasteiger partial charge in [0.1, 0.15) is 0 Å². The van der Waals surface area contributed by atoms with Crippen LogP contribution in [0.5, 0.6) is 0 Å². The van der Waals surface area contributed by atoms with E-state index in [1.54, 1.807) is 0 Å². The molecular weight excluding hydrogens is 434 g/mol. The molecule has 0 aliphatic carbocycles. The zero-order chi connectivity index (χ0) is 27.9. The minimum atomic E-state index is 0.778. The Labute approximate surface area is 226 Å². The minimum absolute atomic E-state index is 0.778. The van der Waals surface area contributed by atoms with Gasteiger partial charge in [0.05, 0.1) is 0 Å². The van der Waals surface area contributed by atoms with Crippen molar-refractivity contribution < 1.29 is 0 Å². The van der Waals surface area contributed by atoms with Crippen molar-refractivity contribution in [1.82, 2.24) is 4.90 Å². The highest BCUT2D eigenvalue weighted by Gasteiger charge is 2.07. The summed E-state index contributed by atoms with van der Waals surface area (Å²) < 4.78 is 0. The highest BCUT2D eigenvalue weighted by atomic mass is 15.1. The number of hydrogen-bond donors (Lipinski definition) is 0. The molecule has 0 atom stereocenters. The molecule has 0 aliphatic heterocycles. The Bertz CT molecular complexity index is 794. The molecular formula is C35H59N. The first kappa shape index (κ1) is 35.9. The van der Waals surface area contributed by atoms with Crippen molar-refractivity contribution in [1.29, 1.82) is 0 Å². The van der Waals surface area contributed by atoms with E-state index in [9.17, 15) is 0 Å². The smallest absolute Gasteiger partial charge is 0.0177 e. The maximum atomic E-state index is 4.22. The topological polar surface area (TPSA) is 3.24 Å². The molecule has 0 fully saturated rings. The van der Waals surface area contributed by atoms with Gasteiger partial charge in [-0.25, -0.2) is 0 Å². The van der Waals surface area contributed by atoms with Crippen LogP contribution in [0.15, 0.2) is 67.4 Å². The Hall–Kier alpha value is -2.28. The van der Waals surface area contributed by atoms with Crippen molar-refractivity contribution in [2.24, 2.45) is 5.92 Å². The van der Waals surface area contributed by atoms with Crippen LogP contribution >= 0.6 is 0 Å². The van der Waals surface area contributed by atoms with Crippen molar-refractivity contribution in [3.05, 3.63) is 95.2 Å². The molecule has 36 heavy (non-hydrogen) atoms. The predicted octanol–water partition coefficient (Wildman–Crippen LogP) is 10.9. The number of hydrogen-bond acceptors (Lipinski definition) is 1. The maximum absolute atomic E-state index is 4.22. The summed E-state index contributed by atoms with van der Waals surface area (Å²) in [6.07, 6.45) is 9.11. The van der Waals surface area contributed by atoms with Gasteiger partial charge in [0.15, 0.2) is 0 Å². The number of allylic oxidation sites excluding steroid dienone is 2. The van der Waals surface area contributed by atoms with Gasteiger partial charge in [-0.05, 0) is 94.9 Å². The Morgan fingerprint density at radius 1 is 0.833 bits per heavy atom. The molecule has 2 aromatic rings. The van der Waals surface area contributed by atoms with Gasteiger partial charge < -0.3 is 4.90 Å². The van der Waals surface area contributed by atoms with Gasteiger partial charge in [-0.3, -0.25) is 0 Å². The summed E-state index contributed by atoms with van der Waals surface area (Å²) in [6, 6.07) is 14.9. The fourth-order valence-electron chi connectivity index (χ4n) is 3.27. The lowest BCUT2D eigenvalue weighted by Crippen LogP contribution is -2.25. The summed E-state index contributed by atoms with van der Waals surface area (Å²) >= 11 is 0. The van der Waals surface area contributed by atoms with Crippen LogP contribution in [0.4, 0.5) is 0 Å². The molecule has 0 unspecified atom stereocenters. The summed E-state index contributed by atoms with van der Waals surface area (Å²) in [5.41, 5.74) is 8.15. The third kappa shape index (κ3) is 20.0. The maximum Gasteiger partial charge on any atom is 0.0177 e. The number of nitrogens with zero attached hydrogens (tertiary/aromatic N) is 1. The van der Waals surface area contributed by atoms with Crippen LogP contribution in [0.25, 0.3) is 0 Å². The average Bonchev–Trinajstić information content (AvgIpc) is 2.82. The van der Waals surface area contributed by atoms with E-state index in [4.69, 9.17) is 0 Å². The standard InChI is InChI=1S/C15H29N.C9H12.C8H10.C3H8/c1-6-8-9-10-15(5)16(12-7-2)13-11-14(3)4;1-7-4-5-8(2)9(3)6-7;1-7-5-3-4-6-8(7)2;1-3-2/h6,14H,1,5,7-13H2,2-4H3;4-6H,1-3H3;3-6H,1-2H3;3H2,1-2H3. The van der Waals surface area contributed by atoms with E-state index in [0.717, 1.165) is 25.3 Å². The molecule has 0 amide bonds. The monoisotopic (exact) mass is 493 g/mol. The van der Waals surface area contributed by atoms with Gasteiger partial charge in [0.2, 0.25) is 0 Å². The molecule has 0 aliphatic rings. The van der Waals surface area contributed by atoms with Crippen molar-refractivity contribution in [2.75, 3.05) is 13.1 Å². The van der Waals surface area contributed by atoms with Gasteiger partial charge in [0.25, 0.3) is 0 Å². The molecule has 204 valence electrons. The predicted molar refractivity (Wildman–Crippen MR) is 167 cm³/mol. The molecule has 0 saturated carbocycles. The van der Waals surface area contributed by atoms with Crippen molar-refractivity contribution in [3.63, 3.8) is 0 Å². The molecule has 1 heteroatoms. The molecule has 0 bridgehead atoms. The van der Waals surface area contributed by atoms with E-state index >= 15 is 0 Å². The molecule has 0 aromatic heterocycles. The molecule has 0 spiro atoms. The van der Waals surface area contributed by atoms with Gasteiger partial charge in [-0.15, -0.1) is 6.58 Å². The first-order chi connectivity index (χ1) is 17.0. The first-order valence-electron chi connectivity index (χ1n) is 14.1. The number of benzene rings is 2. The van der Waals surface area contributed by atoms with Crippen molar-refractivity contribution in [2.45, 2.75) is 108 Å². The Morgan fingerprint density at radius 2 is 1.36 bits per heavy atom. The van der Waals surface area contributed by atoms with E-state index < -0.39 is 0 Å². The van der Waals surface area contributed by atoms with Crippen LogP contribution in [0, 0.1) is 40.5 Å². The van der Waals surface area contributed by atoms with E-state index in [1.807, 2.05) is 6.08 Å². The van der Waals surface area contributed by atoms with Crippen LogP contribution in [0.3, 0.4) is 0 Å². The van der Waals surface area contributed by atoms with E-state index in [0.29, 0.717) is 0 Å². The third-order valence-corrected chi connectivity index (χ3v) is 5.88. The molecule has 0 N–H and O–H groups in total. The molecule has 0 heterocycles. The van der Waals surface area contributed by atoms with Crippen LogP contribution in [0.2, 0.25) is 0 Å². The SMILES string of the molecule is C=CCCCC(=C)N(CCC)CCC(C)C.CCC.Cc1ccc(C)c(C)c1.Cc1ccccc1C. The first-order valence-corrected chi connectivity index (χ1v) is 14.1. The van der Waals surface area contributed by atoms with Gasteiger partial charge >= 0.3 is 0 Å². The average molecular weight is 494 g/mol. The minimum Gasteiger partial charge on any atom is -0.375 e. The largest absolute Gasteiger partial charge is 0.375 e. The highest BCUT2D eigenvalue weighted by molar-refractivity contribution is 5.28. The Balaban J connectivity index is 0. The zero-order valence-electron chi connectivity index (χ0n) is 25.7. The van der Waals surface area contributed by atoms with Crippen LogP contribution in [-0.4, -0.2) is 18.0 Å². The lowest BCUT2D eigenvalue weighted by atomic mass is 10.1. The van der Waals surface area contributed by atoms with E-state index in [2.05, 4.69) is 130 Å². The number of aryl methyl sites for hydroxylation is 5. The van der Waals surface area contributed by atoms with Crippen molar-refractivity contribution >= 4 is 0 Å². The summed E-state index contributed by atoms with van der Waals surface area (Å²) in [7, 11) is 0. The quantitative estimate of drug-likeness (QED) is 0.235. The Morgan fingerprint density at radius 3 is 1.75 bits per heavy atom. The third-order valence-electron chi connectivity index (χ3n) is 5.88. The fourth-order valence-corrected chi connectivity index (χ4v) is 3.27. The van der Waals surface area contributed by atoms with Crippen LogP contribution < -0.4 is 0 Å². The normalized spacial score (nSPS) is 9.64. The molecule has 0 radical (unpaired) electrons.